The quantitative estimate of drug-likeness (QED) is 0.741. The predicted molar refractivity (Wildman–Crippen MR) is 89.5 cm³/mol. The van der Waals surface area contributed by atoms with Gasteiger partial charge >= 0.3 is 5.97 Å². The Bertz CT molecular complexity index is 631. The maximum Gasteiger partial charge on any atom is 0.303 e. The molecule has 1 aliphatic heterocycles. The van der Waals surface area contributed by atoms with Crippen LogP contribution in [0.1, 0.15) is 49.2 Å². The van der Waals surface area contributed by atoms with Crippen molar-refractivity contribution in [1.29, 1.82) is 0 Å². The van der Waals surface area contributed by atoms with E-state index in [4.69, 9.17) is 5.11 Å². The van der Waals surface area contributed by atoms with Crippen LogP contribution in [0.4, 0.5) is 0 Å². The number of nitrogens with one attached hydrogen (secondary N) is 1. The fraction of sp³-hybridized carbons (Fsp3) is 0.625. The average molecular weight is 353 g/mol. The lowest BCUT2D eigenvalue weighted by Crippen LogP contribution is -2.43. The van der Waals surface area contributed by atoms with Crippen molar-refractivity contribution in [2.75, 3.05) is 7.05 Å². The van der Waals surface area contributed by atoms with E-state index in [0.717, 1.165) is 10.7 Å². The van der Waals surface area contributed by atoms with Crippen LogP contribution >= 0.6 is 11.3 Å². The van der Waals surface area contributed by atoms with Gasteiger partial charge in [-0.25, -0.2) is 4.98 Å². The largest absolute Gasteiger partial charge is 0.481 e. The molecule has 1 aliphatic rings. The summed E-state index contributed by atoms with van der Waals surface area (Å²) in [6.45, 7) is 2.38. The molecule has 2 amide bonds. The van der Waals surface area contributed by atoms with Crippen LogP contribution in [0.3, 0.4) is 0 Å². The smallest absolute Gasteiger partial charge is 0.303 e. The molecular weight excluding hydrogens is 330 g/mol. The summed E-state index contributed by atoms with van der Waals surface area (Å²) in [6, 6.07) is 0. The number of hydrogen-bond acceptors (Lipinski definition) is 5. The van der Waals surface area contributed by atoms with Crippen molar-refractivity contribution in [1.82, 2.24) is 15.2 Å². The van der Waals surface area contributed by atoms with Crippen molar-refractivity contribution in [2.24, 2.45) is 0 Å². The van der Waals surface area contributed by atoms with E-state index in [1.807, 2.05) is 12.3 Å². The van der Waals surface area contributed by atoms with Crippen LogP contribution in [0, 0.1) is 6.92 Å². The normalized spacial score (nSPS) is 20.0. The van der Waals surface area contributed by atoms with Crippen LogP contribution in [-0.2, 0) is 20.9 Å². The molecule has 1 atom stereocenters. The van der Waals surface area contributed by atoms with E-state index >= 15 is 0 Å². The molecule has 1 aromatic heterocycles. The minimum absolute atomic E-state index is 0.0112. The van der Waals surface area contributed by atoms with E-state index in [9.17, 15) is 14.4 Å². The van der Waals surface area contributed by atoms with Gasteiger partial charge in [0.2, 0.25) is 11.8 Å². The number of rotatable bonds is 8. The lowest BCUT2D eigenvalue weighted by atomic mass is 9.86. The Labute approximate surface area is 145 Å². The maximum absolute atomic E-state index is 12.3. The van der Waals surface area contributed by atoms with Gasteiger partial charge in [-0.3, -0.25) is 14.4 Å². The zero-order valence-electron chi connectivity index (χ0n) is 14.0. The molecule has 2 N–H and O–H groups in total. The number of carbonyl (C=O) groups excluding carboxylic acids is 2. The lowest BCUT2D eigenvalue weighted by molar-refractivity contribution is -0.137. The van der Waals surface area contributed by atoms with Gasteiger partial charge in [-0.2, -0.15) is 0 Å². The fourth-order valence-electron chi connectivity index (χ4n) is 2.92. The van der Waals surface area contributed by atoms with Gasteiger partial charge in [0.15, 0.2) is 0 Å². The summed E-state index contributed by atoms with van der Waals surface area (Å²) >= 11 is 1.52. The van der Waals surface area contributed by atoms with Crippen molar-refractivity contribution in [3.8, 4) is 0 Å². The zero-order chi connectivity index (χ0) is 17.7. The Morgan fingerprint density at radius 3 is 2.67 bits per heavy atom. The Hall–Kier alpha value is -1.96. The van der Waals surface area contributed by atoms with Gasteiger partial charge in [-0.05, 0) is 26.2 Å². The molecule has 1 fully saturated rings. The summed E-state index contributed by atoms with van der Waals surface area (Å²) in [7, 11) is 1.73. The first-order chi connectivity index (χ1) is 11.3. The number of nitrogens with zero attached hydrogens (tertiary/aromatic N) is 2. The second-order valence-electron chi connectivity index (χ2n) is 6.35. The van der Waals surface area contributed by atoms with Gasteiger partial charge in [0.1, 0.15) is 5.01 Å². The monoisotopic (exact) mass is 353 g/mol. The lowest BCUT2D eigenvalue weighted by Gasteiger charge is -2.29. The first-order valence-corrected chi connectivity index (χ1v) is 8.85. The third kappa shape index (κ3) is 5.02. The maximum atomic E-state index is 12.3. The molecule has 7 nitrogen and oxygen atoms in total. The van der Waals surface area contributed by atoms with Crippen LogP contribution in [0.25, 0.3) is 0 Å². The number of amides is 2. The van der Waals surface area contributed by atoms with Crippen LogP contribution in [-0.4, -0.2) is 45.4 Å². The van der Waals surface area contributed by atoms with Crippen molar-refractivity contribution >= 4 is 29.1 Å². The van der Waals surface area contributed by atoms with Crippen molar-refractivity contribution < 1.29 is 19.5 Å². The summed E-state index contributed by atoms with van der Waals surface area (Å²) in [5.41, 5.74) is 0.376. The Kier molecular flexibility index (Phi) is 5.93. The van der Waals surface area contributed by atoms with Crippen LogP contribution in [0.2, 0.25) is 0 Å². The van der Waals surface area contributed by atoms with Gasteiger partial charge in [0.05, 0.1) is 6.54 Å². The van der Waals surface area contributed by atoms with E-state index in [1.165, 1.54) is 11.3 Å². The molecule has 0 bridgehead atoms. The first kappa shape index (κ1) is 18.4. The average Bonchev–Trinajstić information content (AvgIpc) is 3.09. The highest BCUT2D eigenvalue weighted by molar-refractivity contribution is 7.09. The van der Waals surface area contributed by atoms with Crippen LogP contribution in [0.15, 0.2) is 5.38 Å². The predicted octanol–water partition coefficient (Wildman–Crippen LogP) is 1.70. The zero-order valence-corrected chi connectivity index (χ0v) is 14.8. The van der Waals surface area contributed by atoms with Gasteiger partial charge in [0.25, 0.3) is 0 Å². The molecule has 0 aliphatic carbocycles. The highest BCUT2D eigenvalue weighted by Gasteiger charge is 2.38. The SMILES string of the molecule is Cc1csc(CN(C)C(=O)CC[C@]2(CCC(=O)O)CCC(=O)N2)n1. The Morgan fingerprint density at radius 2 is 2.12 bits per heavy atom. The molecule has 1 saturated heterocycles. The number of aliphatic carboxylic acids is 1. The number of carboxylic acid groups (broad SMARTS) is 1. The third-order valence-electron chi connectivity index (χ3n) is 4.33. The molecule has 24 heavy (non-hydrogen) atoms. The van der Waals surface area contributed by atoms with E-state index in [0.29, 0.717) is 32.2 Å². The third-order valence-corrected chi connectivity index (χ3v) is 5.29. The molecule has 1 aromatic rings. The number of aryl methyl sites for hydroxylation is 1. The summed E-state index contributed by atoms with van der Waals surface area (Å²) in [5, 5.41) is 14.6. The molecule has 0 spiro atoms. The first-order valence-electron chi connectivity index (χ1n) is 7.97. The molecule has 0 saturated carbocycles. The van der Waals surface area contributed by atoms with Gasteiger partial charge < -0.3 is 15.3 Å². The molecule has 132 valence electrons. The summed E-state index contributed by atoms with van der Waals surface area (Å²) in [4.78, 5) is 40.7. The molecule has 0 unspecified atom stereocenters. The topological polar surface area (TPSA) is 99.6 Å². The Balaban J connectivity index is 1.89. The van der Waals surface area contributed by atoms with E-state index < -0.39 is 11.5 Å². The van der Waals surface area contributed by atoms with Crippen molar-refractivity contribution in [3.05, 3.63) is 16.1 Å². The molecule has 2 heterocycles. The molecule has 8 heteroatoms. The molecule has 0 radical (unpaired) electrons. The number of aromatic nitrogens is 1. The summed E-state index contributed by atoms with van der Waals surface area (Å²) in [5.74, 6) is -0.990. The minimum atomic E-state index is -0.891. The van der Waals surface area contributed by atoms with Crippen LogP contribution in [0.5, 0.6) is 0 Å². The number of carboxylic acids is 1. The van der Waals surface area contributed by atoms with Gasteiger partial charge in [-0.15, -0.1) is 11.3 Å². The second kappa shape index (κ2) is 7.74. The number of hydrogen-bond donors (Lipinski definition) is 2. The summed E-state index contributed by atoms with van der Waals surface area (Å²) in [6.07, 6.45) is 2.07. The molecule has 0 aromatic carbocycles. The van der Waals surface area contributed by atoms with E-state index in [-0.39, 0.29) is 24.7 Å². The van der Waals surface area contributed by atoms with Gasteiger partial charge in [-0.1, -0.05) is 0 Å². The highest BCUT2D eigenvalue weighted by Crippen LogP contribution is 2.30. The molecule has 2 rings (SSSR count). The number of thiazole rings is 1. The second-order valence-corrected chi connectivity index (χ2v) is 7.30. The standard InChI is InChI=1S/C16H23N3O4S/c1-11-10-24-13(17-11)9-19(2)14(21)4-7-16(8-5-15(22)23)6-3-12(20)18-16/h10H,3-9H2,1-2H3,(H,18,20)(H,22,23)/t16-/m0/s1. The van der Waals surface area contributed by atoms with E-state index in [2.05, 4.69) is 10.3 Å². The van der Waals surface area contributed by atoms with Gasteiger partial charge in [0, 0.05) is 42.9 Å². The minimum Gasteiger partial charge on any atom is -0.481 e. The van der Waals surface area contributed by atoms with Crippen molar-refractivity contribution in [3.63, 3.8) is 0 Å². The number of carbonyl (C=O) groups is 3. The highest BCUT2D eigenvalue weighted by atomic mass is 32.1. The van der Waals surface area contributed by atoms with Crippen LogP contribution < -0.4 is 5.32 Å². The molecular formula is C16H23N3O4S. The van der Waals surface area contributed by atoms with Crippen molar-refractivity contribution in [2.45, 2.75) is 57.5 Å². The summed E-state index contributed by atoms with van der Waals surface area (Å²) < 4.78 is 0. The fourth-order valence-corrected chi connectivity index (χ4v) is 3.75. The van der Waals surface area contributed by atoms with E-state index in [1.54, 1.807) is 11.9 Å². The Morgan fingerprint density at radius 1 is 1.42 bits per heavy atom.